The third-order valence-electron chi connectivity index (χ3n) is 9.41. The molecular weight excluding hydrogens is 532 g/mol. The van der Waals surface area contributed by atoms with E-state index in [0.29, 0.717) is 19.3 Å². The van der Waals surface area contributed by atoms with Gasteiger partial charge in [-0.15, -0.1) is 0 Å². The molecule has 1 heterocycles. The van der Waals surface area contributed by atoms with Gasteiger partial charge < -0.3 is 20.1 Å². The Morgan fingerprint density at radius 2 is 1.14 bits per heavy atom. The second kappa shape index (κ2) is 13.2. The van der Waals surface area contributed by atoms with E-state index in [9.17, 15) is 15.3 Å². The van der Waals surface area contributed by atoms with Gasteiger partial charge in [0.15, 0.2) is 0 Å². The van der Waals surface area contributed by atoms with Crippen LogP contribution in [0.15, 0.2) is 107 Å². The quantitative estimate of drug-likeness (QED) is 0.186. The van der Waals surface area contributed by atoms with Gasteiger partial charge in [-0.1, -0.05) is 123 Å². The van der Waals surface area contributed by atoms with E-state index in [1.807, 2.05) is 25.2 Å². The summed E-state index contributed by atoms with van der Waals surface area (Å²) in [6.07, 6.45) is 28.8. The first-order valence-corrected chi connectivity index (χ1v) is 15.7. The van der Waals surface area contributed by atoms with Crippen LogP contribution in [0.2, 0.25) is 0 Å². The minimum Gasteiger partial charge on any atom is -0.393 e. The van der Waals surface area contributed by atoms with Crippen molar-refractivity contribution in [2.24, 2.45) is 10.8 Å². The molecule has 1 aliphatic heterocycles. The van der Waals surface area contributed by atoms with Crippen molar-refractivity contribution in [2.75, 3.05) is 0 Å². The number of epoxide rings is 1. The van der Waals surface area contributed by atoms with Crippen LogP contribution in [0.25, 0.3) is 0 Å². The first-order valence-electron chi connectivity index (χ1n) is 15.7. The van der Waals surface area contributed by atoms with Crippen LogP contribution >= 0.6 is 0 Å². The lowest BCUT2D eigenvalue weighted by Gasteiger charge is -2.45. The van der Waals surface area contributed by atoms with Gasteiger partial charge in [-0.05, 0) is 71.4 Å². The fourth-order valence-corrected chi connectivity index (χ4v) is 7.30. The number of fused-ring (bicyclic) bond motifs is 1. The molecule has 43 heavy (non-hydrogen) atoms. The first-order chi connectivity index (χ1) is 19.8. The molecule has 0 aromatic carbocycles. The molecule has 0 unspecified atom stereocenters. The Kier molecular flexibility index (Phi) is 10.8. The van der Waals surface area contributed by atoms with Gasteiger partial charge in [0, 0.05) is 18.3 Å². The average Bonchev–Trinajstić information content (AvgIpc) is 3.47. The molecule has 0 aromatic heterocycles. The molecular formula is C39H56O4. The van der Waals surface area contributed by atoms with Crippen LogP contribution in [-0.4, -0.2) is 44.3 Å². The van der Waals surface area contributed by atoms with Gasteiger partial charge in [-0.3, -0.25) is 0 Å². The average molecular weight is 589 g/mol. The Balaban J connectivity index is 1.53. The van der Waals surface area contributed by atoms with Crippen LogP contribution in [0.3, 0.4) is 0 Å². The van der Waals surface area contributed by atoms with Crippen molar-refractivity contribution in [2.45, 2.75) is 124 Å². The van der Waals surface area contributed by atoms with Gasteiger partial charge >= 0.3 is 0 Å². The van der Waals surface area contributed by atoms with Gasteiger partial charge in [-0.25, -0.2) is 0 Å². The first kappa shape index (κ1) is 35.0. The molecule has 0 amide bonds. The molecule has 3 fully saturated rings. The number of hydrogen-bond acceptors (Lipinski definition) is 4. The summed E-state index contributed by atoms with van der Waals surface area (Å²) in [6, 6.07) is 0. The van der Waals surface area contributed by atoms with Crippen LogP contribution in [0, 0.1) is 10.8 Å². The van der Waals surface area contributed by atoms with Gasteiger partial charge in [0.2, 0.25) is 0 Å². The summed E-state index contributed by atoms with van der Waals surface area (Å²) in [7, 11) is 0. The zero-order chi connectivity index (χ0) is 32.3. The SMILES string of the molecule is C\C(C=C1C(C)(C)C[C@H](O)C[C@@]1(C)O)=C/C=C/C(C)=C/C=C/C=C(C)/C=C/C=C(C)/C=C/[C@@]12O[C@]1(C)C[C@@H](O)CC2(C)C. The molecule has 4 heteroatoms. The van der Waals surface area contributed by atoms with Crippen molar-refractivity contribution in [1.29, 1.82) is 0 Å². The molecule has 4 nitrogen and oxygen atoms in total. The van der Waals surface area contributed by atoms with E-state index in [2.05, 4.69) is 116 Å². The Bertz CT molecular complexity index is 1290. The molecule has 3 aliphatic rings. The maximum atomic E-state index is 10.9. The normalized spacial score (nSPS) is 36.4. The monoisotopic (exact) mass is 588 g/mol. The van der Waals surface area contributed by atoms with Crippen LogP contribution < -0.4 is 0 Å². The van der Waals surface area contributed by atoms with Gasteiger partial charge in [-0.2, -0.15) is 0 Å². The van der Waals surface area contributed by atoms with E-state index in [0.717, 1.165) is 34.3 Å². The number of rotatable bonds is 9. The van der Waals surface area contributed by atoms with Crippen molar-refractivity contribution in [3.63, 3.8) is 0 Å². The summed E-state index contributed by atoms with van der Waals surface area (Å²) in [5, 5.41) is 31.3. The molecule has 1 saturated heterocycles. The Morgan fingerprint density at radius 1 is 0.651 bits per heavy atom. The molecule has 0 radical (unpaired) electrons. The smallest absolute Gasteiger partial charge is 0.121 e. The molecule has 0 spiro atoms. The number of allylic oxidation sites excluding steroid dienone is 16. The van der Waals surface area contributed by atoms with Crippen molar-refractivity contribution in [3.8, 4) is 0 Å². The Morgan fingerprint density at radius 3 is 1.67 bits per heavy atom. The minimum atomic E-state index is -1.00. The number of aliphatic hydroxyl groups excluding tert-OH is 2. The lowest BCUT2D eigenvalue weighted by Crippen LogP contribution is -2.46. The predicted octanol–water partition coefficient (Wildman–Crippen LogP) is 8.56. The van der Waals surface area contributed by atoms with Crippen molar-refractivity contribution in [3.05, 3.63) is 107 Å². The van der Waals surface area contributed by atoms with E-state index in [1.54, 1.807) is 6.92 Å². The van der Waals surface area contributed by atoms with E-state index in [-0.39, 0.29) is 28.1 Å². The van der Waals surface area contributed by atoms with Gasteiger partial charge in [0.05, 0.1) is 17.8 Å². The highest BCUT2D eigenvalue weighted by atomic mass is 16.6. The summed E-state index contributed by atoms with van der Waals surface area (Å²) < 4.78 is 6.24. The summed E-state index contributed by atoms with van der Waals surface area (Å²) in [5.41, 5.74) is 3.58. The molecule has 3 N–H and O–H groups in total. The van der Waals surface area contributed by atoms with E-state index in [4.69, 9.17) is 4.74 Å². The summed E-state index contributed by atoms with van der Waals surface area (Å²) >= 11 is 0. The van der Waals surface area contributed by atoms with E-state index in [1.165, 1.54) is 0 Å². The molecule has 3 rings (SSSR count). The topological polar surface area (TPSA) is 73.2 Å². The third-order valence-corrected chi connectivity index (χ3v) is 9.41. The zero-order valence-corrected chi connectivity index (χ0v) is 28.2. The van der Waals surface area contributed by atoms with Crippen molar-refractivity contribution in [1.82, 2.24) is 0 Å². The predicted molar refractivity (Wildman–Crippen MR) is 181 cm³/mol. The number of ether oxygens (including phenoxy) is 1. The Labute approximate surface area is 261 Å². The fraction of sp³-hybridized carbons (Fsp3) is 0.538. The molecule has 5 atom stereocenters. The Hall–Kier alpha value is -2.50. The fourth-order valence-electron chi connectivity index (χ4n) is 7.30. The summed E-state index contributed by atoms with van der Waals surface area (Å²) in [5.74, 6) is 0. The second-order valence-electron chi connectivity index (χ2n) is 14.9. The largest absolute Gasteiger partial charge is 0.393 e. The molecule has 0 bridgehead atoms. The van der Waals surface area contributed by atoms with Crippen LogP contribution in [-0.2, 0) is 4.74 Å². The maximum absolute atomic E-state index is 10.9. The van der Waals surface area contributed by atoms with E-state index < -0.39 is 11.7 Å². The highest BCUT2D eigenvalue weighted by molar-refractivity contribution is 5.38. The highest BCUT2D eigenvalue weighted by Crippen LogP contribution is 2.66. The van der Waals surface area contributed by atoms with Crippen molar-refractivity contribution < 1.29 is 20.1 Å². The van der Waals surface area contributed by atoms with Gasteiger partial charge in [0.25, 0.3) is 0 Å². The highest BCUT2D eigenvalue weighted by Gasteiger charge is 2.74. The zero-order valence-electron chi connectivity index (χ0n) is 28.2. The minimum absolute atomic E-state index is 0.102. The second-order valence-corrected chi connectivity index (χ2v) is 14.9. The summed E-state index contributed by atoms with van der Waals surface area (Å²) in [4.78, 5) is 0. The van der Waals surface area contributed by atoms with Crippen LogP contribution in [0.5, 0.6) is 0 Å². The van der Waals surface area contributed by atoms with E-state index >= 15 is 0 Å². The maximum Gasteiger partial charge on any atom is 0.121 e. The lowest BCUT2D eigenvalue weighted by atomic mass is 9.63. The van der Waals surface area contributed by atoms with Crippen molar-refractivity contribution >= 4 is 0 Å². The third kappa shape index (κ3) is 8.57. The number of hydrogen-bond donors (Lipinski definition) is 3. The van der Waals surface area contributed by atoms with Crippen LogP contribution in [0.1, 0.15) is 94.9 Å². The number of aliphatic hydroxyl groups is 3. The molecule has 236 valence electrons. The van der Waals surface area contributed by atoms with Gasteiger partial charge in [0.1, 0.15) is 11.2 Å². The lowest BCUT2D eigenvalue weighted by molar-refractivity contribution is -0.0271. The molecule has 2 aliphatic carbocycles. The molecule has 0 aromatic rings. The summed E-state index contributed by atoms with van der Waals surface area (Å²) in [6.45, 7) is 20.8. The molecule has 2 saturated carbocycles. The van der Waals surface area contributed by atoms with Crippen LogP contribution in [0.4, 0.5) is 0 Å². The standard InChI is InChI=1S/C39H56O4/c1-28(17-13-19-30(3)21-22-39-36(7,8)25-33(41)27-38(39,10)43-39)15-11-12-16-29(2)18-14-20-31(4)23-34-35(5,6)24-32(40)26-37(34,9)42/h11-23,32-33,40-42H,24-27H2,1-10H3/b12-11+,17-13+,18-14+,22-21+,28-15+,29-16+,30-19+,31-20+,34-23?/t32-,33-,37+,38+,39-/m0/s1.